The van der Waals surface area contributed by atoms with Crippen LogP contribution < -0.4 is 5.73 Å². The number of nitrogen functional groups attached to an aromatic ring is 1. The van der Waals surface area contributed by atoms with Crippen molar-refractivity contribution >= 4 is 17.3 Å². The van der Waals surface area contributed by atoms with Gasteiger partial charge in [-0.15, -0.1) is 0 Å². The smallest absolute Gasteiger partial charge is 0.416 e. The van der Waals surface area contributed by atoms with Crippen molar-refractivity contribution in [2.75, 3.05) is 5.73 Å². The summed E-state index contributed by atoms with van der Waals surface area (Å²) < 4.78 is 41.7. The SMILES string of the molecule is CC1(C(=O)O)CCC(C)(c2nc(-c3ccc(C(C)(O)c4cccc(C(F)(F)F)c4)cc3)c3c(N)nccn23)CC1. The number of carbonyl (C=O) groups is 1. The lowest BCUT2D eigenvalue weighted by Gasteiger charge is -2.40. The summed E-state index contributed by atoms with van der Waals surface area (Å²) in [6.45, 7) is 5.32. The van der Waals surface area contributed by atoms with Crippen LogP contribution in [-0.4, -0.2) is 30.6 Å². The molecule has 40 heavy (non-hydrogen) atoms. The van der Waals surface area contributed by atoms with Crippen molar-refractivity contribution in [3.8, 4) is 11.3 Å². The van der Waals surface area contributed by atoms with Gasteiger partial charge in [-0.1, -0.05) is 43.3 Å². The number of anilines is 1. The van der Waals surface area contributed by atoms with Crippen LogP contribution >= 0.6 is 0 Å². The Hall–Kier alpha value is -3.92. The lowest BCUT2D eigenvalue weighted by molar-refractivity contribution is -0.150. The maximum absolute atomic E-state index is 13.3. The van der Waals surface area contributed by atoms with Gasteiger partial charge in [0.25, 0.3) is 0 Å². The summed E-state index contributed by atoms with van der Waals surface area (Å²) >= 11 is 0. The molecule has 2 aromatic carbocycles. The standard InChI is InChI=1S/C30H31F3N4O3/c1-27(11-13-28(2,14-12-27)26(38)39)25-36-22(23-24(34)35-15-16-37(23)25)18-7-9-19(10-8-18)29(3,40)20-5-4-6-21(17-20)30(31,32)33/h4-10,15-17,40H,11-14H2,1-3H3,(H2,34,35)(H,38,39). The molecule has 2 aromatic heterocycles. The maximum atomic E-state index is 13.3. The second kappa shape index (κ2) is 9.33. The topological polar surface area (TPSA) is 114 Å². The number of rotatable bonds is 5. The summed E-state index contributed by atoms with van der Waals surface area (Å²) in [5.74, 6) is 0.253. The average molecular weight is 553 g/mol. The molecular formula is C30H31F3N4O3. The average Bonchev–Trinajstić information content (AvgIpc) is 3.32. The first kappa shape index (κ1) is 27.6. The second-order valence-electron chi connectivity index (χ2n) is 11.5. The van der Waals surface area contributed by atoms with Gasteiger partial charge in [0.15, 0.2) is 0 Å². The molecule has 0 amide bonds. The number of alkyl halides is 3. The van der Waals surface area contributed by atoms with Crippen molar-refractivity contribution in [1.82, 2.24) is 14.4 Å². The summed E-state index contributed by atoms with van der Waals surface area (Å²) in [4.78, 5) is 21.1. The van der Waals surface area contributed by atoms with E-state index >= 15 is 0 Å². The number of nitrogens with two attached hydrogens (primary N) is 1. The van der Waals surface area contributed by atoms with Crippen molar-refractivity contribution < 1.29 is 28.2 Å². The van der Waals surface area contributed by atoms with Gasteiger partial charge in [-0.25, -0.2) is 9.97 Å². The largest absolute Gasteiger partial charge is 0.481 e. The summed E-state index contributed by atoms with van der Waals surface area (Å²) in [6, 6.07) is 11.5. The molecule has 1 aliphatic carbocycles. The van der Waals surface area contributed by atoms with E-state index in [1.807, 2.05) is 4.40 Å². The predicted molar refractivity (Wildman–Crippen MR) is 145 cm³/mol. The number of fused-ring (bicyclic) bond motifs is 1. The molecule has 0 aliphatic heterocycles. The van der Waals surface area contributed by atoms with E-state index in [2.05, 4.69) is 11.9 Å². The zero-order valence-electron chi connectivity index (χ0n) is 22.5. The molecule has 7 nitrogen and oxygen atoms in total. The Morgan fingerprint density at radius 2 is 1.62 bits per heavy atom. The Morgan fingerprint density at radius 1 is 1.00 bits per heavy atom. The molecule has 0 spiro atoms. The van der Waals surface area contributed by atoms with Gasteiger partial charge in [-0.2, -0.15) is 13.2 Å². The number of imidazole rings is 1. The van der Waals surface area contributed by atoms with Crippen molar-refractivity contribution in [2.45, 2.75) is 63.6 Å². The maximum Gasteiger partial charge on any atom is 0.416 e. The van der Waals surface area contributed by atoms with Crippen LogP contribution in [0.1, 0.15) is 69.0 Å². The van der Waals surface area contributed by atoms with Gasteiger partial charge in [-0.3, -0.25) is 9.20 Å². The minimum absolute atomic E-state index is 0.122. The Labute approximate surface area is 229 Å². The summed E-state index contributed by atoms with van der Waals surface area (Å²) in [5, 5.41) is 20.9. The number of benzene rings is 2. The quantitative estimate of drug-likeness (QED) is 0.273. The molecular weight excluding hydrogens is 521 g/mol. The van der Waals surface area contributed by atoms with Crippen molar-refractivity contribution in [2.24, 2.45) is 5.41 Å². The van der Waals surface area contributed by atoms with E-state index in [4.69, 9.17) is 10.7 Å². The number of hydrogen-bond donors (Lipinski definition) is 3. The molecule has 1 fully saturated rings. The van der Waals surface area contributed by atoms with Gasteiger partial charge in [0, 0.05) is 23.4 Å². The third-order valence-corrected chi connectivity index (χ3v) is 8.57. The van der Waals surface area contributed by atoms with E-state index in [0.29, 0.717) is 48.0 Å². The van der Waals surface area contributed by atoms with Gasteiger partial charge in [0.05, 0.1) is 11.0 Å². The third kappa shape index (κ3) is 4.60. The predicted octanol–water partition coefficient (Wildman–Crippen LogP) is 6.18. The van der Waals surface area contributed by atoms with Crippen LogP contribution in [0.2, 0.25) is 0 Å². The fraction of sp³-hybridized carbons (Fsp3) is 0.367. The fourth-order valence-corrected chi connectivity index (χ4v) is 5.60. The highest BCUT2D eigenvalue weighted by molar-refractivity contribution is 5.85. The van der Waals surface area contributed by atoms with Gasteiger partial charge >= 0.3 is 12.1 Å². The Bertz CT molecular complexity index is 1580. The minimum atomic E-state index is -4.52. The Balaban J connectivity index is 1.53. The lowest BCUT2D eigenvalue weighted by Crippen LogP contribution is -2.39. The number of carboxylic acid groups (broad SMARTS) is 1. The summed E-state index contributed by atoms with van der Waals surface area (Å²) in [5.41, 5.74) is 5.06. The number of halogens is 3. The zero-order valence-corrected chi connectivity index (χ0v) is 22.5. The van der Waals surface area contributed by atoms with Gasteiger partial charge in [-0.05, 0) is 62.8 Å². The van der Waals surface area contributed by atoms with E-state index in [-0.39, 0.29) is 11.4 Å². The Morgan fingerprint density at radius 3 is 2.23 bits per heavy atom. The third-order valence-electron chi connectivity index (χ3n) is 8.57. The Kier molecular flexibility index (Phi) is 6.45. The molecule has 0 bridgehead atoms. The first-order valence-corrected chi connectivity index (χ1v) is 13.0. The highest BCUT2D eigenvalue weighted by Gasteiger charge is 2.45. The highest BCUT2D eigenvalue weighted by Crippen LogP contribution is 2.47. The minimum Gasteiger partial charge on any atom is -0.481 e. The molecule has 4 N–H and O–H groups in total. The first-order chi connectivity index (χ1) is 18.7. The number of aliphatic hydroxyl groups is 1. The number of hydrogen-bond acceptors (Lipinski definition) is 5. The van der Waals surface area contributed by atoms with Crippen LogP contribution in [0.4, 0.5) is 19.0 Å². The molecule has 5 rings (SSSR count). The van der Waals surface area contributed by atoms with Crippen LogP contribution in [-0.2, 0) is 22.0 Å². The van der Waals surface area contributed by atoms with Crippen molar-refractivity contribution in [3.63, 3.8) is 0 Å². The van der Waals surface area contributed by atoms with Crippen molar-refractivity contribution in [1.29, 1.82) is 0 Å². The molecule has 4 aromatic rings. The van der Waals surface area contributed by atoms with Crippen LogP contribution in [0.15, 0.2) is 60.9 Å². The zero-order chi connectivity index (χ0) is 29.1. The van der Waals surface area contributed by atoms with Crippen LogP contribution in [0, 0.1) is 5.41 Å². The van der Waals surface area contributed by atoms with E-state index in [1.165, 1.54) is 19.1 Å². The van der Waals surface area contributed by atoms with Crippen LogP contribution in [0.5, 0.6) is 0 Å². The van der Waals surface area contributed by atoms with E-state index in [9.17, 15) is 28.2 Å². The molecule has 210 valence electrons. The molecule has 1 unspecified atom stereocenters. The molecule has 1 aliphatic rings. The highest BCUT2D eigenvalue weighted by atomic mass is 19.4. The van der Waals surface area contributed by atoms with E-state index in [1.54, 1.807) is 43.6 Å². The summed E-state index contributed by atoms with van der Waals surface area (Å²) in [7, 11) is 0. The van der Waals surface area contributed by atoms with E-state index < -0.39 is 34.1 Å². The normalized spacial score (nSPS) is 23.2. The number of aromatic nitrogens is 3. The first-order valence-electron chi connectivity index (χ1n) is 13.0. The van der Waals surface area contributed by atoms with Gasteiger partial charge in [0.1, 0.15) is 28.5 Å². The number of aliphatic carboxylic acids is 1. The molecule has 0 radical (unpaired) electrons. The molecule has 10 heteroatoms. The number of carboxylic acids is 1. The monoisotopic (exact) mass is 552 g/mol. The molecule has 1 saturated carbocycles. The number of nitrogens with zero attached hydrogens (tertiary/aromatic N) is 3. The van der Waals surface area contributed by atoms with E-state index in [0.717, 1.165) is 18.0 Å². The molecule has 0 saturated heterocycles. The van der Waals surface area contributed by atoms with Gasteiger partial charge in [0.2, 0.25) is 0 Å². The lowest BCUT2D eigenvalue weighted by atomic mass is 9.65. The molecule has 2 heterocycles. The van der Waals surface area contributed by atoms with Crippen LogP contribution in [0.25, 0.3) is 16.8 Å². The summed E-state index contributed by atoms with van der Waals surface area (Å²) in [6.07, 6.45) is 1.17. The second-order valence-corrected chi connectivity index (χ2v) is 11.5. The van der Waals surface area contributed by atoms with Crippen LogP contribution in [0.3, 0.4) is 0 Å². The van der Waals surface area contributed by atoms with Crippen molar-refractivity contribution in [3.05, 3.63) is 83.4 Å². The van der Waals surface area contributed by atoms with Gasteiger partial charge < -0.3 is 15.9 Å². The molecule has 1 atom stereocenters. The fourth-order valence-electron chi connectivity index (χ4n) is 5.60.